The molecular formula is C20H21BrF4N2O2. The standard InChI is InChI=1S/C20H21BrF4N2O2/c21-15-2-4-19(18(12-15)27-7-5-26(6-8-27)9-10-28)29-13-14-1-3-17(22)16(11-14)20(23,24)25/h1-4,11-12,28H,5-10,13H2. The zero-order valence-electron chi connectivity index (χ0n) is 15.6. The average molecular weight is 477 g/mol. The van der Waals surface area contributed by atoms with Crippen molar-refractivity contribution < 1.29 is 27.4 Å². The maximum absolute atomic E-state index is 13.5. The lowest BCUT2D eigenvalue weighted by atomic mass is 10.1. The second-order valence-corrected chi connectivity index (χ2v) is 7.68. The second kappa shape index (κ2) is 9.32. The van der Waals surface area contributed by atoms with Crippen LogP contribution in [-0.4, -0.2) is 49.3 Å². The van der Waals surface area contributed by atoms with Gasteiger partial charge in [-0.3, -0.25) is 4.90 Å². The molecule has 29 heavy (non-hydrogen) atoms. The summed E-state index contributed by atoms with van der Waals surface area (Å²) >= 11 is 3.44. The second-order valence-electron chi connectivity index (χ2n) is 6.76. The van der Waals surface area contributed by atoms with Crippen molar-refractivity contribution >= 4 is 21.6 Å². The number of aliphatic hydroxyl groups is 1. The van der Waals surface area contributed by atoms with Gasteiger partial charge in [-0.25, -0.2) is 4.39 Å². The van der Waals surface area contributed by atoms with E-state index in [4.69, 9.17) is 9.84 Å². The number of aliphatic hydroxyl groups excluding tert-OH is 1. The van der Waals surface area contributed by atoms with Crippen molar-refractivity contribution in [2.75, 3.05) is 44.2 Å². The van der Waals surface area contributed by atoms with E-state index < -0.39 is 17.6 Å². The van der Waals surface area contributed by atoms with Gasteiger partial charge >= 0.3 is 6.18 Å². The van der Waals surface area contributed by atoms with Crippen LogP contribution in [0.15, 0.2) is 40.9 Å². The number of hydrogen-bond donors (Lipinski definition) is 1. The molecule has 1 aliphatic heterocycles. The van der Waals surface area contributed by atoms with Gasteiger partial charge < -0.3 is 14.7 Å². The first kappa shape index (κ1) is 21.9. The Kier molecular flexibility index (Phi) is 7.02. The number of hydrogen-bond acceptors (Lipinski definition) is 4. The molecule has 1 N–H and O–H groups in total. The summed E-state index contributed by atoms with van der Waals surface area (Å²) < 4.78 is 58.9. The molecule has 1 heterocycles. The summed E-state index contributed by atoms with van der Waals surface area (Å²) in [6.07, 6.45) is -4.75. The van der Waals surface area contributed by atoms with Crippen LogP contribution in [0.5, 0.6) is 5.75 Å². The van der Waals surface area contributed by atoms with Crippen LogP contribution in [0.2, 0.25) is 0 Å². The Bertz CT molecular complexity index is 840. The molecule has 0 aromatic heterocycles. The number of nitrogens with zero attached hydrogens (tertiary/aromatic N) is 2. The molecular weight excluding hydrogens is 456 g/mol. The number of rotatable bonds is 6. The third-order valence-electron chi connectivity index (χ3n) is 4.78. The average Bonchev–Trinajstić information content (AvgIpc) is 2.68. The number of anilines is 1. The highest BCUT2D eigenvalue weighted by atomic mass is 79.9. The molecule has 4 nitrogen and oxygen atoms in total. The van der Waals surface area contributed by atoms with Crippen LogP contribution < -0.4 is 9.64 Å². The fourth-order valence-corrected chi connectivity index (χ4v) is 3.60. The summed E-state index contributed by atoms with van der Waals surface area (Å²) in [6, 6.07) is 8.34. The van der Waals surface area contributed by atoms with E-state index in [1.807, 2.05) is 6.07 Å². The molecule has 0 unspecified atom stereocenters. The van der Waals surface area contributed by atoms with Crippen molar-refractivity contribution in [3.05, 3.63) is 57.8 Å². The Morgan fingerprint density at radius 1 is 1.03 bits per heavy atom. The van der Waals surface area contributed by atoms with E-state index >= 15 is 0 Å². The van der Waals surface area contributed by atoms with E-state index in [9.17, 15) is 17.6 Å². The lowest BCUT2D eigenvalue weighted by Gasteiger charge is -2.36. The van der Waals surface area contributed by atoms with Crippen molar-refractivity contribution in [3.8, 4) is 5.75 Å². The fourth-order valence-electron chi connectivity index (χ4n) is 3.25. The van der Waals surface area contributed by atoms with Gasteiger partial charge in [0.1, 0.15) is 18.2 Å². The highest BCUT2D eigenvalue weighted by Crippen LogP contribution is 2.34. The topological polar surface area (TPSA) is 35.9 Å². The lowest BCUT2D eigenvalue weighted by molar-refractivity contribution is -0.140. The maximum Gasteiger partial charge on any atom is 0.419 e. The fraction of sp³-hybridized carbons (Fsp3) is 0.400. The molecule has 1 saturated heterocycles. The zero-order valence-corrected chi connectivity index (χ0v) is 17.1. The van der Waals surface area contributed by atoms with Crippen LogP contribution in [0.1, 0.15) is 11.1 Å². The van der Waals surface area contributed by atoms with Crippen LogP contribution >= 0.6 is 15.9 Å². The van der Waals surface area contributed by atoms with Gasteiger partial charge in [-0.1, -0.05) is 22.0 Å². The molecule has 9 heteroatoms. The largest absolute Gasteiger partial charge is 0.487 e. The van der Waals surface area contributed by atoms with Crippen LogP contribution in [-0.2, 0) is 12.8 Å². The maximum atomic E-state index is 13.5. The van der Waals surface area contributed by atoms with Crippen molar-refractivity contribution in [3.63, 3.8) is 0 Å². The summed E-state index contributed by atoms with van der Waals surface area (Å²) in [5, 5.41) is 9.07. The van der Waals surface area contributed by atoms with Crippen LogP contribution in [0.25, 0.3) is 0 Å². The minimum atomic E-state index is -4.75. The molecule has 1 aliphatic rings. The quantitative estimate of drug-likeness (QED) is 0.630. The molecule has 0 amide bonds. The third kappa shape index (κ3) is 5.61. The smallest absolute Gasteiger partial charge is 0.419 e. The number of benzene rings is 2. The number of β-amino-alcohol motifs (C(OH)–C–C–N with tert-alkyl or cyclic N) is 1. The molecule has 158 valence electrons. The Labute approximate surface area is 174 Å². The summed E-state index contributed by atoms with van der Waals surface area (Å²) in [4.78, 5) is 4.30. The van der Waals surface area contributed by atoms with E-state index in [1.54, 1.807) is 12.1 Å². The predicted molar refractivity (Wildman–Crippen MR) is 106 cm³/mol. The molecule has 0 spiro atoms. The number of piperazine rings is 1. The summed E-state index contributed by atoms with van der Waals surface area (Å²) in [7, 11) is 0. The SMILES string of the molecule is OCCN1CCN(c2cc(Br)ccc2OCc2ccc(F)c(C(F)(F)F)c2)CC1. The van der Waals surface area contributed by atoms with E-state index in [2.05, 4.69) is 25.7 Å². The van der Waals surface area contributed by atoms with Gasteiger partial charge in [-0.15, -0.1) is 0 Å². The van der Waals surface area contributed by atoms with E-state index in [1.165, 1.54) is 6.07 Å². The van der Waals surface area contributed by atoms with Gasteiger partial charge in [0.2, 0.25) is 0 Å². The van der Waals surface area contributed by atoms with Gasteiger partial charge in [0.15, 0.2) is 0 Å². The van der Waals surface area contributed by atoms with E-state index in [0.717, 1.165) is 48.5 Å². The van der Waals surface area contributed by atoms with E-state index in [-0.39, 0.29) is 18.8 Å². The van der Waals surface area contributed by atoms with Crippen molar-refractivity contribution in [1.29, 1.82) is 0 Å². The molecule has 1 fully saturated rings. The molecule has 0 radical (unpaired) electrons. The molecule has 0 atom stereocenters. The van der Waals surface area contributed by atoms with E-state index in [0.29, 0.717) is 12.3 Å². The molecule has 0 saturated carbocycles. The van der Waals surface area contributed by atoms with Gasteiger partial charge in [0, 0.05) is 37.2 Å². The highest BCUT2D eigenvalue weighted by Gasteiger charge is 2.34. The zero-order chi connectivity index (χ0) is 21.0. The van der Waals surface area contributed by atoms with Crippen LogP contribution in [0, 0.1) is 5.82 Å². The predicted octanol–water partition coefficient (Wildman–Crippen LogP) is 4.30. The number of alkyl halides is 3. The first-order valence-electron chi connectivity index (χ1n) is 9.14. The van der Waals surface area contributed by atoms with Crippen LogP contribution in [0.4, 0.5) is 23.2 Å². The van der Waals surface area contributed by atoms with Crippen molar-refractivity contribution in [2.24, 2.45) is 0 Å². The molecule has 0 aliphatic carbocycles. The monoisotopic (exact) mass is 476 g/mol. The normalized spacial score (nSPS) is 15.6. The number of ether oxygens (including phenoxy) is 1. The van der Waals surface area contributed by atoms with Crippen LogP contribution in [0.3, 0.4) is 0 Å². The van der Waals surface area contributed by atoms with Gasteiger partial charge in [-0.2, -0.15) is 13.2 Å². The number of halogens is 5. The Morgan fingerprint density at radius 3 is 2.41 bits per heavy atom. The summed E-state index contributed by atoms with van der Waals surface area (Å²) in [5.41, 5.74) is -0.226. The first-order valence-corrected chi connectivity index (χ1v) is 9.93. The van der Waals surface area contributed by atoms with Crippen molar-refractivity contribution in [1.82, 2.24) is 4.90 Å². The molecule has 2 aromatic carbocycles. The Morgan fingerprint density at radius 2 is 1.76 bits per heavy atom. The first-order chi connectivity index (χ1) is 13.8. The Balaban J connectivity index is 1.74. The minimum absolute atomic E-state index is 0.109. The summed E-state index contributed by atoms with van der Waals surface area (Å²) in [6.45, 7) is 3.69. The summed E-state index contributed by atoms with van der Waals surface area (Å²) in [5.74, 6) is -0.756. The van der Waals surface area contributed by atoms with Gasteiger partial charge in [-0.05, 0) is 35.9 Å². The lowest BCUT2D eigenvalue weighted by Crippen LogP contribution is -2.47. The van der Waals surface area contributed by atoms with Crippen molar-refractivity contribution in [2.45, 2.75) is 12.8 Å². The van der Waals surface area contributed by atoms with Gasteiger partial charge in [0.05, 0.1) is 17.9 Å². The minimum Gasteiger partial charge on any atom is -0.487 e. The molecule has 2 aromatic rings. The van der Waals surface area contributed by atoms with Gasteiger partial charge in [0.25, 0.3) is 0 Å². The molecule has 3 rings (SSSR count). The molecule has 0 bridgehead atoms. The third-order valence-corrected chi connectivity index (χ3v) is 5.27. The highest BCUT2D eigenvalue weighted by molar-refractivity contribution is 9.10. The Hall–Kier alpha value is -1.84.